The molecule has 0 spiro atoms. The zero-order valence-corrected chi connectivity index (χ0v) is 19.6. The van der Waals surface area contributed by atoms with Gasteiger partial charge >= 0.3 is 0 Å². The van der Waals surface area contributed by atoms with Gasteiger partial charge in [-0.05, 0) is 73.9 Å². The fourth-order valence-corrected chi connectivity index (χ4v) is 5.16. The summed E-state index contributed by atoms with van der Waals surface area (Å²) in [6.45, 7) is 2.91. The van der Waals surface area contributed by atoms with Crippen molar-refractivity contribution in [1.82, 2.24) is 4.90 Å². The molecule has 6 heteroatoms. The highest BCUT2D eigenvalue weighted by molar-refractivity contribution is 6.05. The summed E-state index contributed by atoms with van der Waals surface area (Å²) in [5, 5.41) is 15.1. The predicted molar refractivity (Wildman–Crippen MR) is 133 cm³/mol. The van der Waals surface area contributed by atoms with Crippen LogP contribution in [0.25, 0.3) is 11.0 Å². The number of methoxy groups -OCH3 is 1. The summed E-state index contributed by atoms with van der Waals surface area (Å²) in [5.41, 5.74) is 1.24. The van der Waals surface area contributed by atoms with Gasteiger partial charge in [0.15, 0.2) is 5.76 Å². The Labute approximate surface area is 200 Å². The van der Waals surface area contributed by atoms with Crippen LogP contribution in [0.2, 0.25) is 0 Å². The SMILES string of the molecule is COc1ccccc1NC(=O)c1cc2cc(C3(O)CCN(CC4CC=CCC4)CC3)ccc2o1. The minimum atomic E-state index is -0.853. The smallest absolute Gasteiger partial charge is 0.291 e. The van der Waals surface area contributed by atoms with Crippen LogP contribution in [0.3, 0.4) is 0 Å². The lowest BCUT2D eigenvalue weighted by atomic mass is 9.83. The number of carbonyl (C=O) groups is 1. The lowest BCUT2D eigenvalue weighted by Gasteiger charge is -2.40. The highest BCUT2D eigenvalue weighted by atomic mass is 16.5. The van der Waals surface area contributed by atoms with Crippen LogP contribution < -0.4 is 10.1 Å². The van der Waals surface area contributed by atoms with E-state index in [1.54, 1.807) is 25.3 Å². The molecule has 1 saturated heterocycles. The van der Waals surface area contributed by atoms with Crippen molar-refractivity contribution >= 4 is 22.6 Å². The van der Waals surface area contributed by atoms with E-state index in [0.717, 1.165) is 36.5 Å². The number of anilines is 1. The van der Waals surface area contributed by atoms with Crippen molar-refractivity contribution in [1.29, 1.82) is 0 Å². The number of nitrogens with one attached hydrogen (secondary N) is 1. The Bertz CT molecular complexity index is 1190. The molecule has 3 aromatic rings. The van der Waals surface area contributed by atoms with E-state index in [9.17, 15) is 9.90 Å². The molecule has 2 aliphatic rings. The summed E-state index contributed by atoms with van der Waals surface area (Å²) < 4.78 is 11.1. The van der Waals surface area contributed by atoms with Crippen LogP contribution in [-0.4, -0.2) is 42.7 Å². The molecule has 1 aliphatic carbocycles. The number of allylic oxidation sites excluding steroid dienone is 2. The average molecular weight is 461 g/mol. The highest BCUT2D eigenvalue weighted by Gasteiger charge is 2.35. The lowest BCUT2D eigenvalue weighted by molar-refractivity contribution is -0.0289. The van der Waals surface area contributed by atoms with E-state index >= 15 is 0 Å². The van der Waals surface area contributed by atoms with Gasteiger partial charge in [0, 0.05) is 25.0 Å². The number of para-hydroxylation sites is 2. The molecule has 2 heterocycles. The van der Waals surface area contributed by atoms with Crippen LogP contribution in [-0.2, 0) is 5.60 Å². The molecular formula is C28H32N2O4. The highest BCUT2D eigenvalue weighted by Crippen LogP contribution is 2.36. The largest absolute Gasteiger partial charge is 0.495 e. The van der Waals surface area contributed by atoms with E-state index in [1.165, 1.54) is 19.3 Å². The van der Waals surface area contributed by atoms with E-state index in [4.69, 9.17) is 9.15 Å². The zero-order valence-electron chi connectivity index (χ0n) is 19.6. The molecule has 1 atom stereocenters. The maximum absolute atomic E-state index is 12.8. The molecule has 2 N–H and O–H groups in total. The first kappa shape index (κ1) is 22.7. The van der Waals surface area contributed by atoms with Gasteiger partial charge in [-0.2, -0.15) is 0 Å². The molecule has 1 fully saturated rings. The van der Waals surface area contributed by atoms with E-state index in [-0.39, 0.29) is 11.7 Å². The fraction of sp³-hybridized carbons (Fsp3) is 0.393. The molecule has 5 rings (SSSR count). The van der Waals surface area contributed by atoms with Gasteiger partial charge in [0.2, 0.25) is 0 Å². The number of rotatable bonds is 6. The maximum Gasteiger partial charge on any atom is 0.291 e. The van der Waals surface area contributed by atoms with Crippen LogP contribution in [0.5, 0.6) is 5.75 Å². The van der Waals surface area contributed by atoms with Gasteiger partial charge in [-0.3, -0.25) is 4.79 Å². The number of ether oxygens (including phenoxy) is 1. The molecule has 1 amide bonds. The predicted octanol–water partition coefficient (Wildman–Crippen LogP) is 5.33. The van der Waals surface area contributed by atoms with Gasteiger partial charge in [0.05, 0.1) is 18.4 Å². The second kappa shape index (κ2) is 9.65. The van der Waals surface area contributed by atoms with Crippen molar-refractivity contribution in [2.75, 3.05) is 32.1 Å². The first-order valence-electron chi connectivity index (χ1n) is 12.1. The Kier molecular flexibility index (Phi) is 6.44. The number of nitrogens with zero attached hydrogens (tertiary/aromatic N) is 1. The molecule has 1 aliphatic heterocycles. The third-order valence-corrected chi connectivity index (χ3v) is 7.21. The number of hydrogen-bond acceptors (Lipinski definition) is 5. The fourth-order valence-electron chi connectivity index (χ4n) is 5.16. The number of aliphatic hydroxyl groups is 1. The van der Waals surface area contributed by atoms with E-state index in [1.807, 2.05) is 30.3 Å². The summed E-state index contributed by atoms with van der Waals surface area (Å²) in [6.07, 6.45) is 9.63. The number of piperidine rings is 1. The molecule has 6 nitrogen and oxygen atoms in total. The molecule has 2 aromatic carbocycles. The number of hydrogen-bond donors (Lipinski definition) is 2. The van der Waals surface area contributed by atoms with Crippen LogP contribution >= 0.6 is 0 Å². The number of furan rings is 1. The van der Waals surface area contributed by atoms with Crippen molar-refractivity contribution in [3.63, 3.8) is 0 Å². The summed E-state index contributed by atoms with van der Waals surface area (Å²) in [6, 6.07) is 14.7. The Morgan fingerprint density at radius 3 is 2.76 bits per heavy atom. The summed E-state index contributed by atoms with van der Waals surface area (Å²) in [5.74, 6) is 1.20. The summed E-state index contributed by atoms with van der Waals surface area (Å²) in [4.78, 5) is 15.3. The Hall–Kier alpha value is -3.09. The summed E-state index contributed by atoms with van der Waals surface area (Å²) >= 11 is 0. The Balaban J connectivity index is 1.27. The van der Waals surface area contributed by atoms with Crippen molar-refractivity contribution < 1.29 is 19.1 Å². The topological polar surface area (TPSA) is 74.9 Å². The first-order chi connectivity index (χ1) is 16.5. The number of amides is 1. The van der Waals surface area contributed by atoms with Crippen LogP contribution in [0.4, 0.5) is 5.69 Å². The lowest BCUT2D eigenvalue weighted by Crippen LogP contribution is -2.44. The van der Waals surface area contributed by atoms with E-state index in [2.05, 4.69) is 22.4 Å². The van der Waals surface area contributed by atoms with E-state index in [0.29, 0.717) is 29.9 Å². The Morgan fingerprint density at radius 2 is 2.00 bits per heavy atom. The standard InChI is InChI=1S/C28H32N2O4/c1-33-25-10-6-5-9-23(25)29-27(31)26-18-21-17-22(11-12-24(21)34-26)28(32)13-15-30(16-14-28)19-20-7-3-2-4-8-20/h2-3,5-6,9-12,17-18,20,32H,4,7-8,13-16,19H2,1H3,(H,29,31). The molecule has 0 radical (unpaired) electrons. The zero-order chi connectivity index (χ0) is 23.5. The van der Waals surface area contributed by atoms with Gasteiger partial charge in [0.1, 0.15) is 11.3 Å². The molecular weight excluding hydrogens is 428 g/mol. The number of carbonyl (C=O) groups excluding carboxylic acids is 1. The molecule has 34 heavy (non-hydrogen) atoms. The van der Waals surface area contributed by atoms with Gasteiger partial charge in [0.25, 0.3) is 5.91 Å². The van der Waals surface area contributed by atoms with Gasteiger partial charge < -0.3 is 24.5 Å². The molecule has 0 saturated carbocycles. The van der Waals surface area contributed by atoms with Crippen LogP contribution in [0, 0.1) is 5.92 Å². The maximum atomic E-state index is 12.8. The van der Waals surface area contributed by atoms with Crippen molar-refractivity contribution in [3.8, 4) is 5.75 Å². The summed E-state index contributed by atoms with van der Waals surface area (Å²) in [7, 11) is 1.57. The normalized spacial score (nSPS) is 20.4. The van der Waals surface area contributed by atoms with Crippen LogP contribution in [0.15, 0.2) is 65.1 Å². The molecule has 1 aromatic heterocycles. The van der Waals surface area contributed by atoms with Crippen LogP contribution in [0.1, 0.15) is 48.2 Å². The monoisotopic (exact) mass is 460 g/mol. The van der Waals surface area contributed by atoms with E-state index < -0.39 is 5.60 Å². The second-order valence-corrected chi connectivity index (χ2v) is 9.50. The first-order valence-corrected chi connectivity index (χ1v) is 12.1. The van der Waals surface area contributed by atoms with Gasteiger partial charge in [-0.25, -0.2) is 0 Å². The van der Waals surface area contributed by atoms with Crippen molar-refractivity contribution in [3.05, 3.63) is 72.0 Å². The van der Waals surface area contributed by atoms with Crippen molar-refractivity contribution in [2.45, 2.75) is 37.7 Å². The van der Waals surface area contributed by atoms with Crippen molar-refractivity contribution in [2.24, 2.45) is 5.92 Å². The number of benzene rings is 2. The van der Waals surface area contributed by atoms with Gasteiger partial charge in [-0.1, -0.05) is 30.4 Å². The third-order valence-electron chi connectivity index (χ3n) is 7.21. The average Bonchev–Trinajstić information content (AvgIpc) is 3.30. The minimum absolute atomic E-state index is 0.224. The molecule has 0 bridgehead atoms. The second-order valence-electron chi connectivity index (χ2n) is 9.50. The van der Waals surface area contributed by atoms with Gasteiger partial charge in [-0.15, -0.1) is 0 Å². The quantitative estimate of drug-likeness (QED) is 0.486. The minimum Gasteiger partial charge on any atom is -0.495 e. The molecule has 178 valence electrons. The third kappa shape index (κ3) is 4.74. The molecule has 1 unspecified atom stereocenters. The Morgan fingerprint density at radius 1 is 1.18 bits per heavy atom. The number of fused-ring (bicyclic) bond motifs is 1. The number of likely N-dealkylation sites (tertiary alicyclic amines) is 1.